The minimum atomic E-state index is -0.430. The predicted octanol–water partition coefficient (Wildman–Crippen LogP) is 9.95. The van der Waals surface area contributed by atoms with E-state index in [1.807, 2.05) is 48.7 Å². The molecule has 0 bridgehead atoms. The lowest BCUT2D eigenvalue weighted by Gasteiger charge is -2.51. The first-order chi connectivity index (χ1) is 34.6. The summed E-state index contributed by atoms with van der Waals surface area (Å²) in [6.45, 7) is 7.29. The first-order valence-corrected chi connectivity index (χ1v) is 25.4. The second-order valence-corrected chi connectivity index (χ2v) is 20.8. The average molecular weight is 1080 g/mol. The van der Waals surface area contributed by atoms with Crippen molar-refractivity contribution in [3.8, 4) is 34.7 Å². The van der Waals surface area contributed by atoms with Crippen molar-refractivity contribution in [3.63, 3.8) is 0 Å². The fraction of sp³-hybridized carbons (Fsp3) is 0.300. The number of aryl methyl sites for hydroxylation is 2. The number of aliphatic hydroxyl groups is 1. The molecule has 3 saturated heterocycles. The third kappa shape index (κ3) is 8.75. The summed E-state index contributed by atoms with van der Waals surface area (Å²) in [4.78, 5) is 32.1. The molecule has 0 atom stereocenters. The van der Waals surface area contributed by atoms with E-state index in [-0.39, 0.29) is 28.9 Å². The Morgan fingerprint density at radius 3 is 1.72 bits per heavy atom. The molecule has 3 aliphatic heterocycles. The van der Waals surface area contributed by atoms with Gasteiger partial charge in [0, 0.05) is 56.8 Å². The lowest BCUT2D eigenvalue weighted by atomic mass is 9.79. The number of hydrogen-bond acceptors (Lipinski definition) is 13. The van der Waals surface area contributed by atoms with Crippen LogP contribution in [-0.4, -0.2) is 110 Å². The zero-order valence-corrected chi connectivity index (χ0v) is 42.5. The van der Waals surface area contributed by atoms with E-state index in [1.165, 1.54) is 63.8 Å². The Bertz CT molecular complexity index is 3480. The number of nitriles is 2. The molecule has 0 aliphatic carbocycles. The molecule has 2 amide bonds. The smallest absolute Gasteiger partial charge is 0.320 e. The Labute approximate surface area is 427 Å². The molecule has 72 heavy (non-hydrogen) atoms. The summed E-state index contributed by atoms with van der Waals surface area (Å²) in [6.07, 6.45) is 4.40. The molecule has 0 unspecified atom stereocenters. The van der Waals surface area contributed by atoms with Gasteiger partial charge >= 0.3 is 6.03 Å². The highest BCUT2D eigenvalue weighted by Crippen LogP contribution is 2.45. The predicted molar refractivity (Wildman–Crippen MR) is 271 cm³/mol. The maximum Gasteiger partial charge on any atom is 0.320 e. The number of carbonyl (C=O) groups excluding carboxylic acids is 1. The topological polar surface area (TPSA) is 161 Å². The summed E-state index contributed by atoms with van der Waals surface area (Å²) in [5.41, 5.74) is 7.26. The molecular weight excluding hydrogens is 1030 g/mol. The van der Waals surface area contributed by atoms with E-state index in [0.717, 1.165) is 40.2 Å². The van der Waals surface area contributed by atoms with Gasteiger partial charge in [-0.3, -0.25) is 0 Å². The van der Waals surface area contributed by atoms with E-state index in [2.05, 4.69) is 48.1 Å². The van der Waals surface area contributed by atoms with Gasteiger partial charge in [0.15, 0.2) is 21.9 Å². The summed E-state index contributed by atoms with van der Waals surface area (Å²) in [5.74, 6) is -1.49. The maximum atomic E-state index is 15.5. The minimum Gasteiger partial charge on any atom is -0.389 e. The van der Waals surface area contributed by atoms with Crippen LogP contribution < -0.4 is 14.7 Å². The highest BCUT2D eigenvalue weighted by Gasteiger charge is 2.51. The Morgan fingerprint density at radius 1 is 0.764 bits per heavy atom. The van der Waals surface area contributed by atoms with E-state index in [0.29, 0.717) is 105 Å². The number of aliphatic hydroxyl groups excluding tert-OH is 1. The highest BCUT2D eigenvalue weighted by molar-refractivity contribution is 9.10. The third-order valence-corrected chi connectivity index (χ3v) is 16.0. The van der Waals surface area contributed by atoms with E-state index in [9.17, 15) is 33.6 Å². The number of benzene rings is 2. The summed E-state index contributed by atoms with van der Waals surface area (Å²) in [6, 6.07) is 19.6. The largest absolute Gasteiger partial charge is 0.389 e. The summed E-state index contributed by atoms with van der Waals surface area (Å²) in [5, 5.41) is 39.2. The van der Waals surface area contributed by atoms with Gasteiger partial charge in [0.25, 0.3) is 0 Å². The first-order valence-electron chi connectivity index (χ1n) is 23.0. The molecule has 11 rings (SSSR count). The van der Waals surface area contributed by atoms with Crippen molar-refractivity contribution in [2.75, 3.05) is 68.1 Å². The van der Waals surface area contributed by atoms with E-state index >= 15 is 4.39 Å². The van der Waals surface area contributed by atoms with Gasteiger partial charge in [-0.05, 0) is 95.9 Å². The number of likely N-dealkylation sites (tertiary alicyclic amines) is 2. The van der Waals surface area contributed by atoms with Gasteiger partial charge in [-0.25, -0.2) is 41.4 Å². The Kier molecular flexibility index (Phi) is 12.9. The second kappa shape index (κ2) is 19.1. The van der Waals surface area contributed by atoms with Crippen molar-refractivity contribution < 1.29 is 27.5 Å². The summed E-state index contributed by atoms with van der Waals surface area (Å²) >= 11 is 5.70. The van der Waals surface area contributed by atoms with Gasteiger partial charge in [-0.1, -0.05) is 36.5 Å². The summed E-state index contributed by atoms with van der Waals surface area (Å²) < 4.78 is 59.7. The van der Waals surface area contributed by atoms with Crippen LogP contribution in [0.2, 0.25) is 0 Å². The molecule has 3 aliphatic rings. The Hall–Kier alpha value is -7.11. The van der Waals surface area contributed by atoms with Gasteiger partial charge < -0.3 is 29.6 Å². The normalized spacial score (nSPS) is 15.1. The number of rotatable bonds is 9. The van der Waals surface area contributed by atoms with Crippen molar-refractivity contribution in [1.82, 2.24) is 39.0 Å². The number of nitrogens with zero attached hydrogens (tertiary/aromatic N) is 13. The van der Waals surface area contributed by atoms with Crippen molar-refractivity contribution in [1.29, 1.82) is 10.5 Å². The minimum absolute atomic E-state index is 0.0367. The van der Waals surface area contributed by atoms with Crippen molar-refractivity contribution in [2.24, 2.45) is 5.41 Å². The molecule has 3 fully saturated rings. The number of pyridine rings is 2. The average Bonchev–Trinajstić information content (AvgIpc) is 4.21. The number of aromatic nitrogens is 6. The number of halogens is 5. The van der Waals surface area contributed by atoms with Crippen LogP contribution in [0.15, 0.2) is 77.5 Å². The van der Waals surface area contributed by atoms with Crippen LogP contribution in [0, 0.1) is 51.3 Å². The molecule has 1 spiro atoms. The number of hydrogen-bond donors (Lipinski definition) is 1. The molecule has 0 saturated carbocycles. The molecule has 1 N–H and O–H groups in total. The number of β-amino-alcohol motifs (C(OH)–C–C–N with tert-alkyl or cyclic N) is 1. The van der Waals surface area contributed by atoms with Gasteiger partial charge in [0.1, 0.15) is 44.9 Å². The summed E-state index contributed by atoms with van der Waals surface area (Å²) in [7, 11) is 3.69. The first kappa shape index (κ1) is 48.5. The number of anilines is 5. The Morgan fingerprint density at radius 2 is 1.25 bits per heavy atom. The molecule has 15 nitrogen and oxygen atoms in total. The van der Waals surface area contributed by atoms with E-state index in [4.69, 9.17) is 4.98 Å². The van der Waals surface area contributed by atoms with Crippen LogP contribution in [0.3, 0.4) is 0 Å². The van der Waals surface area contributed by atoms with Crippen molar-refractivity contribution in [3.05, 3.63) is 122 Å². The molecule has 368 valence electrons. The fourth-order valence-corrected chi connectivity index (χ4v) is 11.6. The zero-order valence-electron chi connectivity index (χ0n) is 39.2. The van der Waals surface area contributed by atoms with Gasteiger partial charge in [-0.2, -0.15) is 20.7 Å². The third-order valence-electron chi connectivity index (χ3n) is 13.3. The van der Waals surface area contributed by atoms with Crippen LogP contribution in [0.5, 0.6) is 0 Å². The van der Waals surface area contributed by atoms with Crippen LogP contribution in [-0.2, 0) is 12.8 Å². The zero-order chi connectivity index (χ0) is 50.7. The van der Waals surface area contributed by atoms with Crippen LogP contribution in [0.1, 0.15) is 41.4 Å². The number of urea groups is 1. The Balaban J connectivity index is 0.000000179. The van der Waals surface area contributed by atoms with Gasteiger partial charge in [0.2, 0.25) is 0 Å². The number of amides is 2. The molecular formula is C50H44BrF4N13O2S2. The lowest BCUT2D eigenvalue weighted by Crippen LogP contribution is -2.66. The molecule has 8 aromatic rings. The number of fused-ring (bicyclic) bond motifs is 2. The molecule has 0 radical (unpaired) electrons. The molecule has 2 aromatic carbocycles. The standard InChI is InChI=1S/C30H30F2N8O2S.C20H14BrF2N5S/c1-3-22-27(36(2)28-34-26(25(11-33)43-28)18-4-6-19(31)7-5-18)24-10-23(21(32)14-40(24)35-22)37-9-8-30(15-37)16-39(17-30)29(42)38-12-20(41)13-38;1-3-15-19(16-8-13(21)14(23)10-28(16)26-15)27(2)20-25-18(17(9-24)29-20)11-4-6-12(22)7-5-11/h4-7,10,14,20,41H,3,8-9,12-13,15-17H2,1-2H3;4-8,10H,3H2,1-2H3. The van der Waals surface area contributed by atoms with Gasteiger partial charge in [0.05, 0.1) is 75.5 Å². The van der Waals surface area contributed by atoms with Gasteiger partial charge in [-0.15, -0.1) is 0 Å². The van der Waals surface area contributed by atoms with Crippen LogP contribution in [0.25, 0.3) is 33.5 Å². The molecule has 9 heterocycles. The highest BCUT2D eigenvalue weighted by atomic mass is 79.9. The number of thiazole rings is 2. The number of carbonyl (C=O) groups is 1. The monoisotopic (exact) mass is 1080 g/mol. The lowest BCUT2D eigenvalue weighted by molar-refractivity contribution is -0.0161. The molecule has 22 heteroatoms. The van der Waals surface area contributed by atoms with Crippen molar-refractivity contribution in [2.45, 2.75) is 39.2 Å². The quantitative estimate of drug-likeness (QED) is 0.137. The fourth-order valence-electron chi connectivity index (χ4n) is 9.58. The van der Waals surface area contributed by atoms with E-state index < -0.39 is 11.9 Å². The van der Waals surface area contributed by atoms with E-state index in [1.54, 1.807) is 39.7 Å². The second-order valence-electron chi connectivity index (χ2n) is 18.0. The van der Waals surface area contributed by atoms with Crippen LogP contribution in [0.4, 0.5) is 49.7 Å². The van der Waals surface area contributed by atoms with Crippen LogP contribution >= 0.6 is 38.6 Å². The SMILES string of the molecule is CCc1nn2cc(F)c(Br)cc2c1N(C)c1nc(-c2ccc(F)cc2)c(C#N)s1.CCc1nn2cc(F)c(N3CCC4(CN(C(=O)N5CC(O)C5)C4)C3)cc2c1N(C)c1nc(-c2ccc(F)cc2)c(C#N)s1. The maximum absolute atomic E-state index is 15.5. The van der Waals surface area contributed by atoms with Crippen molar-refractivity contribution >= 4 is 83.0 Å². The molecule has 6 aromatic heterocycles.